The normalized spacial score (nSPS) is 14.4. The average Bonchev–Trinajstić information content (AvgIpc) is 3.12. The minimum Gasteiger partial charge on any atom is -0.408 e. The van der Waals surface area contributed by atoms with E-state index in [1.807, 2.05) is 7.05 Å². The van der Waals surface area contributed by atoms with E-state index in [4.69, 9.17) is 10.2 Å². The molecule has 1 aliphatic rings. The summed E-state index contributed by atoms with van der Waals surface area (Å²) in [6, 6.07) is 0.142. The van der Waals surface area contributed by atoms with Gasteiger partial charge in [0.05, 0.1) is 12.3 Å². The molecule has 1 fully saturated rings. The van der Waals surface area contributed by atoms with Gasteiger partial charge >= 0.3 is 6.01 Å². The maximum Gasteiger partial charge on any atom is 0.322 e. The second-order valence-electron chi connectivity index (χ2n) is 4.72. The van der Waals surface area contributed by atoms with Crippen LogP contribution in [0.3, 0.4) is 0 Å². The number of carbonyl (C=O) groups is 1. The summed E-state index contributed by atoms with van der Waals surface area (Å²) >= 11 is 1.27. The van der Waals surface area contributed by atoms with Crippen LogP contribution in [-0.4, -0.2) is 36.6 Å². The lowest BCUT2D eigenvalue weighted by atomic mass is 10.4. The Kier molecular flexibility index (Phi) is 3.88. The number of anilines is 1. The maximum absolute atomic E-state index is 11.8. The SMILES string of the molecule is Cn1c(CN)nnc1SCC(=O)Nc1nnc(C2CC2)o1. The van der Waals surface area contributed by atoms with Crippen molar-refractivity contribution in [2.75, 3.05) is 11.1 Å². The van der Waals surface area contributed by atoms with Crippen molar-refractivity contribution in [3.8, 4) is 0 Å². The summed E-state index contributed by atoms with van der Waals surface area (Å²) in [6.07, 6.45) is 2.14. The summed E-state index contributed by atoms with van der Waals surface area (Å²) < 4.78 is 7.12. The summed E-state index contributed by atoms with van der Waals surface area (Å²) in [5, 5.41) is 18.8. The third-order valence-corrected chi connectivity index (χ3v) is 4.07. The topological polar surface area (TPSA) is 125 Å². The van der Waals surface area contributed by atoms with Crippen molar-refractivity contribution in [2.24, 2.45) is 12.8 Å². The van der Waals surface area contributed by atoms with Crippen LogP contribution in [-0.2, 0) is 18.4 Å². The van der Waals surface area contributed by atoms with Crippen LogP contribution in [0.2, 0.25) is 0 Å². The van der Waals surface area contributed by atoms with Crippen molar-refractivity contribution in [2.45, 2.75) is 30.5 Å². The molecule has 3 N–H and O–H groups in total. The fourth-order valence-electron chi connectivity index (χ4n) is 1.71. The van der Waals surface area contributed by atoms with E-state index in [0.717, 1.165) is 12.8 Å². The molecule has 1 aliphatic carbocycles. The third-order valence-electron chi connectivity index (χ3n) is 3.05. The highest BCUT2D eigenvalue weighted by Gasteiger charge is 2.29. The zero-order chi connectivity index (χ0) is 14.8. The van der Waals surface area contributed by atoms with Crippen molar-refractivity contribution in [3.05, 3.63) is 11.7 Å². The summed E-state index contributed by atoms with van der Waals surface area (Å²) in [4.78, 5) is 11.8. The minimum atomic E-state index is -0.233. The molecule has 10 heteroatoms. The van der Waals surface area contributed by atoms with Gasteiger partial charge in [-0.2, -0.15) is 0 Å². The summed E-state index contributed by atoms with van der Waals surface area (Å²) in [6.45, 7) is 0.308. The Labute approximate surface area is 124 Å². The monoisotopic (exact) mass is 309 g/mol. The quantitative estimate of drug-likeness (QED) is 0.728. The molecule has 0 radical (unpaired) electrons. The summed E-state index contributed by atoms with van der Waals surface area (Å²) in [7, 11) is 1.81. The zero-order valence-electron chi connectivity index (χ0n) is 11.4. The lowest BCUT2D eigenvalue weighted by molar-refractivity contribution is -0.113. The predicted octanol–water partition coefficient (Wildman–Crippen LogP) is 0.265. The van der Waals surface area contributed by atoms with Crippen LogP contribution in [0.15, 0.2) is 9.57 Å². The maximum atomic E-state index is 11.8. The van der Waals surface area contributed by atoms with Crippen LogP contribution in [0.4, 0.5) is 6.01 Å². The molecule has 2 aromatic heterocycles. The molecule has 0 spiro atoms. The van der Waals surface area contributed by atoms with Crippen LogP contribution < -0.4 is 11.1 Å². The molecule has 0 atom stereocenters. The first-order valence-electron chi connectivity index (χ1n) is 6.51. The number of thioether (sulfide) groups is 1. The van der Waals surface area contributed by atoms with Crippen molar-refractivity contribution >= 4 is 23.7 Å². The number of amides is 1. The zero-order valence-corrected chi connectivity index (χ0v) is 12.3. The molecule has 1 saturated carbocycles. The highest BCUT2D eigenvalue weighted by Crippen LogP contribution is 2.39. The van der Waals surface area contributed by atoms with E-state index in [1.165, 1.54) is 11.8 Å². The van der Waals surface area contributed by atoms with Gasteiger partial charge in [-0.3, -0.25) is 10.1 Å². The number of aromatic nitrogens is 5. The molecule has 0 aliphatic heterocycles. The highest BCUT2D eigenvalue weighted by molar-refractivity contribution is 7.99. The fraction of sp³-hybridized carbons (Fsp3) is 0.545. The minimum absolute atomic E-state index is 0.142. The van der Waals surface area contributed by atoms with Gasteiger partial charge in [-0.25, -0.2) is 0 Å². The molecule has 9 nitrogen and oxygen atoms in total. The molecule has 0 bridgehead atoms. The summed E-state index contributed by atoms with van der Waals surface area (Å²) in [5.74, 6) is 1.58. The molecule has 2 aromatic rings. The van der Waals surface area contributed by atoms with Crippen molar-refractivity contribution in [1.29, 1.82) is 0 Å². The predicted molar refractivity (Wildman–Crippen MR) is 74.5 cm³/mol. The number of hydrogen-bond donors (Lipinski definition) is 2. The van der Waals surface area contributed by atoms with Crippen LogP contribution in [0, 0.1) is 0 Å². The van der Waals surface area contributed by atoms with E-state index in [1.54, 1.807) is 4.57 Å². The van der Waals surface area contributed by atoms with Gasteiger partial charge in [0.25, 0.3) is 0 Å². The number of nitrogens with one attached hydrogen (secondary N) is 1. The standard InChI is InChI=1S/C11H15N7O2S/c1-18-7(4-12)14-17-11(18)21-5-8(19)13-10-16-15-9(20-10)6-2-3-6/h6H,2-5,12H2,1H3,(H,13,16,19). The summed E-state index contributed by atoms with van der Waals surface area (Å²) in [5.41, 5.74) is 5.51. The smallest absolute Gasteiger partial charge is 0.322 e. The molecule has 21 heavy (non-hydrogen) atoms. The van der Waals surface area contributed by atoms with Crippen molar-refractivity contribution in [1.82, 2.24) is 25.0 Å². The Hall–Kier alpha value is -1.94. The molecule has 0 aromatic carbocycles. The van der Waals surface area contributed by atoms with Gasteiger partial charge in [0, 0.05) is 13.0 Å². The van der Waals surface area contributed by atoms with Gasteiger partial charge in [-0.05, 0) is 12.8 Å². The Morgan fingerprint density at radius 2 is 2.24 bits per heavy atom. The van der Waals surface area contributed by atoms with Gasteiger partial charge in [-0.1, -0.05) is 16.9 Å². The molecule has 0 saturated heterocycles. The van der Waals surface area contributed by atoms with Gasteiger partial charge in [0.2, 0.25) is 11.8 Å². The van der Waals surface area contributed by atoms with E-state index in [9.17, 15) is 4.79 Å². The number of carbonyl (C=O) groups excluding carboxylic acids is 1. The van der Waals surface area contributed by atoms with Crippen LogP contribution in [0.1, 0.15) is 30.5 Å². The Morgan fingerprint density at radius 3 is 2.90 bits per heavy atom. The molecule has 2 heterocycles. The Morgan fingerprint density at radius 1 is 1.43 bits per heavy atom. The first-order chi connectivity index (χ1) is 10.2. The molecular weight excluding hydrogens is 294 g/mol. The van der Waals surface area contributed by atoms with E-state index < -0.39 is 0 Å². The molecular formula is C11H15N7O2S. The van der Waals surface area contributed by atoms with Gasteiger partial charge in [0.1, 0.15) is 5.82 Å². The average molecular weight is 309 g/mol. The van der Waals surface area contributed by atoms with Gasteiger partial charge < -0.3 is 14.7 Å². The second-order valence-corrected chi connectivity index (χ2v) is 5.66. The Balaban J connectivity index is 1.52. The van der Waals surface area contributed by atoms with Crippen LogP contribution in [0.5, 0.6) is 0 Å². The first kappa shape index (κ1) is 14.0. The third kappa shape index (κ3) is 3.22. The largest absolute Gasteiger partial charge is 0.408 e. The lowest BCUT2D eigenvalue weighted by Gasteiger charge is -2.02. The fourth-order valence-corrected chi connectivity index (χ4v) is 2.44. The molecule has 3 rings (SSSR count). The van der Waals surface area contributed by atoms with Gasteiger partial charge in [0.15, 0.2) is 5.16 Å². The first-order valence-corrected chi connectivity index (χ1v) is 7.50. The second kappa shape index (κ2) is 5.82. The van der Waals surface area contributed by atoms with Gasteiger partial charge in [-0.15, -0.1) is 15.3 Å². The van der Waals surface area contributed by atoms with E-state index in [-0.39, 0.29) is 17.7 Å². The van der Waals surface area contributed by atoms with E-state index in [0.29, 0.717) is 29.3 Å². The van der Waals surface area contributed by atoms with Crippen molar-refractivity contribution in [3.63, 3.8) is 0 Å². The number of rotatable bonds is 6. The number of nitrogens with zero attached hydrogens (tertiary/aromatic N) is 5. The lowest BCUT2D eigenvalue weighted by Crippen LogP contribution is -2.15. The number of hydrogen-bond acceptors (Lipinski definition) is 8. The highest BCUT2D eigenvalue weighted by atomic mass is 32.2. The molecule has 112 valence electrons. The molecule has 0 unspecified atom stereocenters. The number of nitrogens with two attached hydrogens (primary N) is 1. The van der Waals surface area contributed by atoms with E-state index in [2.05, 4.69) is 25.7 Å². The van der Waals surface area contributed by atoms with E-state index >= 15 is 0 Å². The van der Waals surface area contributed by atoms with Crippen LogP contribution in [0.25, 0.3) is 0 Å². The van der Waals surface area contributed by atoms with Crippen molar-refractivity contribution < 1.29 is 9.21 Å². The van der Waals surface area contributed by atoms with Crippen LogP contribution >= 0.6 is 11.8 Å². The molecule has 1 amide bonds. The Bertz CT molecular complexity index is 649.